The van der Waals surface area contributed by atoms with Crippen molar-refractivity contribution in [3.63, 3.8) is 0 Å². The predicted molar refractivity (Wildman–Crippen MR) is 103 cm³/mol. The average Bonchev–Trinajstić information content (AvgIpc) is 3.10. The molecule has 2 aliphatic heterocycles. The number of aromatic amines is 1. The molecule has 7 heteroatoms. The summed E-state index contributed by atoms with van der Waals surface area (Å²) in [4.78, 5) is 14.1. The fourth-order valence-electron chi connectivity index (χ4n) is 3.47. The second-order valence-electron chi connectivity index (χ2n) is 6.40. The Bertz CT molecular complexity index is 939. The zero-order valence-electron chi connectivity index (χ0n) is 14.3. The summed E-state index contributed by atoms with van der Waals surface area (Å²) < 4.78 is 0. The number of rotatable bonds is 1. The van der Waals surface area contributed by atoms with Gasteiger partial charge in [0.15, 0.2) is 0 Å². The summed E-state index contributed by atoms with van der Waals surface area (Å²) in [5.74, 6) is 2.89. The number of aliphatic imine (C=N–C) groups is 1. The third-order valence-corrected chi connectivity index (χ3v) is 4.82. The van der Waals surface area contributed by atoms with Gasteiger partial charge in [0.2, 0.25) is 0 Å². The van der Waals surface area contributed by atoms with E-state index in [1.54, 1.807) is 0 Å². The van der Waals surface area contributed by atoms with E-state index in [1.165, 1.54) is 0 Å². The third-order valence-electron chi connectivity index (χ3n) is 4.82. The molecule has 3 aromatic rings. The molecule has 0 unspecified atom stereocenters. The predicted octanol–water partition coefficient (Wildman–Crippen LogP) is 2.76. The average molecular weight is 345 g/mol. The number of anilines is 3. The van der Waals surface area contributed by atoms with Gasteiger partial charge < -0.3 is 15.1 Å². The van der Waals surface area contributed by atoms with Crippen molar-refractivity contribution < 1.29 is 0 Å². The van der Waals surface area contributed by atoms with E-state index in [0.717, 1.165) is 60.6 Å². The van der Waals surface area contributed by atoms with Gasteiger partial charge in [-0.2, -0.15) is 5.10 Å². The molecule has 130 valence electrons. The van der Waals surface area contributed by atoms with E-state index in [1.807, 2.05) is 48.8 Å². The highest BCUT2D eigenvalue weighted by molar-refractivity contribution is 6.06. The number of H-pyrrole nitrogens is 1. The molecule has 0 aliphatic carbocycles. The highest BCUT2D eigenvalue weighted by Crippen LogP contribution is 2.33. The van der Waals surface area contributed by atoms with Gasteiger partial charge in [0, 0.05) is 32.4 Å². The van der Waals surface area contributed by atoms with Crippen LogP contribution in [0.15, 0.2) is 59.9 Å². The molecule has 7 nitrogen and oxygen atoms in total. The number of hydrogen-bond donors (Lipinski definition) is 2. The van der Waals surface area contributed by atoms with E-state index < -0.39 is 0 Å². The van der Waals surface area contributed by atoms with Crippen molar-refractivity contribution in [3.8, 4) is 0 Å². The Morgan fingerprint density at radius 3 is 2.54 bits per heavy atom. The number of nitrogens with zero attached hydrogens (tertiary/aromatic N) is 5. The van der Waals surface area contributed by atoms with Gasteiger partial charge in [0.1, 0.15) is 17.5 Å². The van der Waals surface area contributed by atoms with Crippen LogP contribution in [0.4, 0.5) is 23.0 Å². The molecule has 2 N–H and O–H groups in total. The Balaban J connectivity index is 1.44. The SMILES string of the molecule is c1ccc(N2CCN(C3=Nc4ccccc4Nc4[nH]ncc43)CC2)nc1. The molecule has 26 heavy (non-hydrogen) atoms. The lowest BCUT2D eigenvalue weighted by molar-refractivity contribution is 0.385. The summed E-state index contributed by atoms with van der Waals surface area (Å²) in [5, 5.41) is 10.7. The summed E-state index contributed by atoms with van der Waals surface area (Å²) in [6.07, 6.45) is 3.69. The van der Waals surface area contributed by atoms with Crippen LogP contribution in [-0.4, -0.2) is 52.1 Å². The van der Waals surface area contributed by atoms with Gasteiger partial charge in [0.25, 0.3) is 0 Å². The Labute approximate surface area is 151 Å². The maximum atomic E-state index is 4.96. The van der Waals surface area contributed by atoms with E-state index in [9.17, 15) is 0 Å². The van der Waals surface area contributed by atoms with E-state index in [4.69, 9.17) is 4.99 Å². The van der Waals surface area contributed by atoms with Crippen LogP contribution >= 0.6 is 0 Å². The maximum absolute atomic E-state index is 4.96. The number of fused-ring (bicyclic) bond motifs is 2. The number of pyridine rings is 1. The zero-order chi connectivity index (χ0) is 17.3. The number of nitrogens with one attached hydrogen (secondary N) is 2. The minimum atomic E-state index is 0.890. The first-order chi connectivity index (χ1) is 12.9. The molecule has 4 heterocycles. The summed E-state index contributed by atoms with van der Waals surface area (Å²) in [5.41, 5.74) is 2.94. The van der Waals surface area contributed by atoms with Crippen molar-refractivity contribution in [3.05, 3.63) is 60.4 Å². The molecule has 0 amide bonds. The number of aromatic nitrogens is 3. The highest BCUT2D eigenvalue weighted by Gasteiger charge is 2.26. The summed E-state index contributed by atoms with van der Waals surface area (Å²) in [7, 11) is 0. The Morgan fingerprint density at radius 1 is 0.885 bits per heavy atom. The molecule has 1 aromatic carbocycles. The Hall–Kier alpha value is -3.35. The van der Waals surface area contributed by atoms with Crippen LogP contribution in [0, 0.1) is 0 Å². The lowest BCUT2D eigenvalue weighted by Gasteiger charge is -2.36. The van der Waals surface area contributed by atoms with Gasteiger partial charge in [-0.3, -0.25) is 5.10 Å². The Kier molecular flexibility index (Phi) is 3.55. The van der Waals surface area contributed by atoms with Crippen LogP contribution in [0.2, 0.25) is 0 Å². The molecule has 0 atom stereocenters. The number of benzene rings is 1. The first-order valence-corrected chi connectivity index (χ1v) is 8.78. The summed E-state index contributed by atoms with van der Waals surface area (Å²) >= 11 is 0. The largest absolute Gasteiger partial charge is 0.353 e. The third kappa shape index (κ3) is 2.57. The van der Waals surface area contributed by atoms with Crippen molar-refractivity contribution in [2.45, 2.75) is 0 Å². The molecule has 5 rings (SSSR count). The van der Waals surface area contributed by atoms with Gasteiger partial charge >= 0.3 is 0 Å². The fraction of sp³-hybridized carbons (Fsp3) is 0.211. The smallest absolute Gasteiger partial charge is 0.142 e. The van der Waals surface area contributed by atoms with Crippen LogP contribution in [0.1, 0.15) is 5.56 Å². The molecule has 2 aromatic heterocycles. The number of piperazine rings is 1. The quantitative estimate of drug-likeness (QED) is 0.709. The van der Waals surface area contributed by atoms with Gasteiger partial charge in [-0.1, -0.05) is 18.2 Å². The molecular formula is C19H19N7. The summed E-state index contributed by atoms with van der Waals surface area (Å²) in [6.45, 7) is 3.61. The monoisotopic (exact) mass is 345 g/mol. The second kappa shape index (κ2) is 6.18. The Morgan fingerprint density at radius 2 is 1.69 bits per heavy atom. The lowest BCUT2D eigenvalue weighted by atomic mass is 10.2. The van der Waals surface area contributed by atoms with Crippen molar-refractivity contribution in [1.82, 2.24) is 20.1 Å². The van der Waals surface area contributed by atoms with Gasteiger partial charge in [0.05, 0.1) is 23.1 Å². The van der Waals surface area contributed by atoms with Crippen molar-refractivity contribution >= 4 is 28.8 Å². The first kappa shape index (κ1) is 14.9. The lowest BCUT2D eigenvalue weighted by Crippen LogP contribution is -2.49. The number of hydrogen-bond acceptors (Lipinski definition) is 6. The van der Waals surface area contributed by atoms with Crippen LogP contribution in [0.3, 0.4) is 0 Å². The van der Waals surface area contributed by atoms with Crippen LogP contribution in [-0.2, 0) is 0 Å². The molecule has 0 bridgehead atoms. The molecule has 0 saturated carbocycles. The minimum absolute atomic E-state index is 0.890. The normalized spacial score (nSPS) is 16.2. The number of para-hydroxylation sites is 2. The van der Waals surface area contributed by atoms with Gasteiger partial charge in [-0.25, -0.2) is 9.98 Å². The van der Waals surface area contributed by atoms with Gasteiger partial charge in [-0.05, 0) is 24.3 Å². The molecule has 1 fully saturated rings. The van der Waals surface area contributed by atoms with Crippen LogP contribution < -0.4 is 10.2 Å². The standard InChI is InChI=1S/C19H19N7/c1-2-6-16-15(5-1)22-18-14(13-21-24-18)19(23-16)26-11-9-25(10-12-26)17-7-3-4-8-20-17/h1-8,13H,9-12H2,(H2,21,22,24). The fourth-order valence-corrected chi connectivity index (χ4v) is 3.47. The first-order valence-electron chi connectivity index (χ1n) is 8.78. The van der Waals surface area contributed by atoms with E-state index in [2.05, 4.69) is 36.4 Å². The molecule has 1 saturated heterocycles. The molecule has 2 aliphatic rings. The van der Waals surface area contributed by atoms with Crippen molar-refractivity contribution in [1.29, 1.82) is 0 Å². The van der Waals surface area contributed by atoms with E-state index >= 15 is 0 Å². The van der Waals surface area contributed by atoms with E-state index in [-0.39, 0.29) is 0 Å². The zero-order valence-corrected chi connectivity index (χ0v) is 14.3. The second-order valence-corrected chi connectivity index (χ2v) is 6.40. The van der Waals surface area contributed by atoms with Crippen molar-refractivity contribution in [2.24, 2.45) is 4.99 Å². The molecule has 0 spiro atoms. The number of amidine groups is 1. The van der Waals surface area contributed by atoms with Crippen LogP contribution in [0.5, 0.6) is 0 Å². The topological polar surface area (TPSA) is 72.4 Å². The molecule has 0 radical (unpaired) electrons. The van der Waals surface area contributed by atoms with Crippen molar-refractivity contribution in [2.75, 3.05) is 36.4 Å². The highest BCUT2D eigenvalue weighted by atomic mass is 15.3. The van der Waals surface area contributed by atoms with Crippen LogP contribution in [0.25, 0.3) is 0 Å². The van der Waals surface area contributed by atoms with E-state index in [0.29, 0.717) is 0 Å². The minimum Gasteiger partial charge on any atom is -0.353 e. The molecular weight excluding hydrogens is 326 g/mol. The maximum Gasteiger partial charge on any atom is 0.142 e. The summed E-state index contributed by atoms with van der Waals surface area (Å²) in [6, 6.07) is 14.1. The van der Waals surface area contributed by atoms with Gasteiger partial charge in [-0.15, -0.1) is 0 Å².